The Morgan fingerprint density at radius 1 is 1.09 bits per heavy atom. The third-order valence-corrected chi connectivity index (χ3v) is 5.14. The first kappa shape index (κ1) is 22.2. The number of rotatable bonds is 7. The van der Waals surface area contributed by atoms with Crippen molar-refractivity contribution in [3.63, 3.8) is 0 Å². The van der Waals surface area contributed by atoms with Crippen LogP contribution in [0.2, 0.25) is 15.1 Å². The van der Waals surface area contributed by atoms with Gasteiger partial charge in [-0.25, -0.2) is 4.39 Å². The number of furan rings is 1. The van der Waals surface area contributed by atoms with Gasteiger partial charge in [0.15, 0.2) is 11.5 Å². The topological polar surface area (TPSA) is 69.3 Å². The van der Waals surface area contributed by atoms with Crippen molar-refractivity contribution in [2.45, 2.75) is 13.2 Å². The number of aromatic nitrogens is 2. The van der Waals surface area contributed by atoms with Crippen LogP contribution in [0.5, 0.6) is 5.75 Å². The minimum absolute atomic E-state index is 0.0178. The molecule has 0 radical (unpaired) electrons. The predicted molar refractivity (Wildman–Crippen MR) is 120 cm³/mol. The van der Waals surface area contributed by atoms with E-state index in [1.165, 1.54) is 36.5 Å². The zero-order chi connectivity index (χ0) is 22.7. The molecule has 2 aromatic heterocycles. The quantitative estimate of drug-likeness (QED) is 0.320. The fourth-order valence-corrected chi connectivity index (χ4v) is 3.80. The lowest BCUT2D eigenvalue weighted by atomic mass is 10.2. The number of hydrogen-bond donors (Lipinski definition) is 1. The third kappa shape index (κ3) is 5.43. The molecule has 1 amide bonds. The second kappa shape index (κ2) is 9.65. The lowest BCUT2D eigenvalue weighted by molar-refractivity contribution is 0.0992. The molecule has 2 aromatic carbocycles. The van der Waals surface area contributed by atoms with Crippen molar-refractivity contribution >= 4 is 46.4 Å². The summed E-state index contributed by atoms with van der Waals surface area (Å²) < 4.78 is 25.8. The summed E-state index contributed by atoms with van der Waals surface area (Å²) >= 11 is 18.1. The first-order valence-corrected chi connectivity index (χ1v) is 10.4. The van der Waals surface area contributed by atoms with Crippen molar-refractivity contribution in [1.82, 2.24) is 9.78 Å². The van der Waals surface area contributed by atoms with E-state index in [-0.39, 0.29) is 34.0 Å². The minimum Gasteiger partial charge on any atom is -0.483 e. The van der Waals surface area contributed by atoms with Crippen molar-refractivity contribution < 1.29 is 18.3 Å². The zero-order valence-electron chi connectivity index (χ0n) is 16.3. The Morgan fingerprint density at radius 3 is 2.53 bits per heavy atom. The van der Waals surface area contributed by atoms with E-state index in [0.717, 1.165) is 5.56 Å². The number of halogens is 4. The van der Waals surface area contributed by atoms with Crippen molar-refractivity contribution in [2.75, 3.05) is 5.32 Å². The molecule has 6 nitrogen and oxygen atoms in total. The highest BCUT2D eigenvalue weighted by atomic mass is 35.5. The van der Waals surface area contributed by atoms with Crippen LogP contribution in [0, 0.1) is 5.82 Å². The van der Waals surface area contributed by atoms with Crippen LogP contribution in [-0.4, -0.2) is 15.7 Å². The third-order valence-electron chi connectivity index (χ3n) is 4.36. The summed E-state index contributed by atoms with van der Waals surface area (Å²) in [5.41, 5.74) is 1.37. The van der Waals surface area contributed by atoms with Gasteiger partial charge in [-0.05, 0) is 42.0 Å². The van der Waals surface area contributed by atoms with Crippen LogP contribution in [-0.2, 0) is 13.2 Å². The number of amides is 1. The molecule has 32 heavy (non-hydrogen) atoms. The summed E-state index contributed by atoms with van der Waals surface area (Å²) in [7, 11) is 0. The number of nitrogens with zero attached hydrogens (tertiary/aromatic N) is 2. The first-order valence-electron chi connectivity index (χ1n) is 9.31. The van der Waals surface area contributed by atoms with Gasteiger partial charge in [-0.15, -0.1) is 0 Å². The van der Waals surface area contributed by atoms with Crippen molar-refractivity contribution in [2.24, 2.45) is 0 Å². The average Bonchev–Trinajstić information content (AvgIpc) is 3.38. The van der Waals surface area contributed by atoms with Gasteiger partial charge in [0.1, 0.15) is 18.2 Å². The molecule has 4 rings (SSSR count). The average molecular weight is 495 g/mol. The monoisotopic (exact) mass is 493 g/mol. The molecule has 0 fully saturated rings. The van der Waals surface area contributed by atoms with Crippen LogP contribution in [0.1, 0.15) is 21.9 Å². The highest BCUT2D eigenvalue weighted by Gasteiger charge is 2.15. The van der Waals surface area contributed by atoms with Crippen molar-refractivity contribution in [3.8, 4) is 5.75 Å². The fourth-order valence-electron chi connectivity index (χ4n) is 2.87. The van der Waals surface area contributed by atoms with Gasteiger partial charge in [0, 0.05) is 11.2 Å². The molecule has 2 heterocycles. The van der Waals surface area contributed by atoms with E-state index in [4.69, 9.17) is 44.0 Å². The number of ether oxygens (including phenoxy) is 1. The van der Waals surface area contributed by atoms with Crippen molar-refractivity contribution in [3.05, 3.63) is 98.9 Å². The molecular formula is C22H15Cl3FN3O3. The molecule has 0 aliphatic rings. The number of benzene rings is 2. The second-order valence-corrected chi connectivity index (χ2v) is 8.01. The van der Waals surface area contributed by atoms with Crippen LogP contribution >= 0.6 is 34.8 Å². The lowest BCUT2D eigenvalue weighted by Crippen LogP contribution is -2.10. The SMILES string of the molecule is O=C(Nc1cnn(Cc2ccc(F)cc2)c1)c1ccc(COc2c(Cl)cc(Cl)cc2Cl)o1. The molecule has 164 valence electrons. The number of hydrogen-bond acceptors (Lipinski definition) is 4. The summed E-state index contributed by atoms with van der Waals surface area (Å²) in [6.07, 6.45) is 3.18. The zero-order valence-corrected chi connectivity index (χ0v) is 18.6. The van der Waals surface area contributed by atoms with Gasteiger partial charge in [-0.3, -0.25) is 9.48 Å². The number of carbonyl (C=O) groups excluding carboxylic acids is 1. The maximum absolute atomic E-state index is 13.0. The van der Waals surface area contributed by atoms with E-state index < -0.39 is 5.91 Å². The first-order chi connectivity index (χ1) is 15.4. The predicted octanol–water partition coefficient (Wildman–Crippen LogP) is 6.46. The summed E-state index contributed by atoms with van der Waals surface area (Å²) in [5.74, 6) is 0.0333. The van der Waals surface area contributed by atoms with Gasteiger partial charge >= 0.3 is 0 Å². The minimum atomic E-state index is -0.444. The molecule has 0 atom stereocenters. The van der Waals surface area contributed by atoms with Gasteiger partial charge in [0.05, 0.1) is 28.5 Å². The molecule has 1 N–H and O–H groups in total. The number of carbonyl (C=O) groups is 1. The van der Waals surface area contributed by atoms with E-state index in [0.29, 0.717) is 23.0 Å². The van der Waals surface area contributed by atoms with E-state index in [2.05, 4.69) is 10.4 Å². The normalized spacial score (nSPS) is 10.9. The summed E-state index contributed by atoms with van der Waals surface area (Å²) in [6.45, 7) is 0.457. The second-order valence-electron chi connectivity index (χ2n) is 6.76. The van der Waals surface area contributed by atoms with Crippen LogP contribution in [0.3, 0.4) is 0 Å². The smallest absolute Gasteiger partial charge is 0.291 e. The van der Waals surface area contributed by atoms with Gasteiger partial charge in [-0.2, -0.15) is 5.10 Å². The van der Waals surface area contributed by atoms with Gasteiger partial charge < -0.3 is 14.5 Å². The highest BCUT2D eigenvalue weighted by Crippen LogP contribution is 2.36. The highest BCUT2D eigenvalue weighted by molar-refractivity contribution is 6.40. The largest absolute Gasteiger partial charge is 0.483 e. The Bertz CT molecular complexity index is 1230. The van der Waals surface area contributed by atoms with Crippen LogP contribution in [0.25, 0.3) is 0 Å². The molecular weight excluding hydrogens is 480 g/mol. The fraction of sp³-hybridized carbons (Fsp3) is 0.0909. The Hall–Kier alpha value is -3.00. The number of nitrogens with one attached hydrogen (secondary N) is 1. The van der Waals surface area contributed by atoms with Crippen molar-refractivity contribution in [1.29, 1.82) is 0 Å². The molecule has 0 aliphatic carbocycles. The van der Waals surface area contributed by atoms with Crippen LogP contribution < -0.4 is 10.1 Å². The molecule has 0 spiro atoms. The maximum atomic E-state index is 13.0. The lowest BCUT2D eigenvalue weighted by Gasteiger charge is -2.09. The molecule has 0 aliphatic heterocycles. The Labute approximate surface area is 197 Å². The Kier molecular flexibility index (Phi) is 6.69. The Balaban J connectivity index is 1.35. The number of anilines is 1. The molecule has 0 bridgehead atoms. The van der Waals surface area contributed by atoms with E-state index in [9.17, 15) is 9.18 Å². The molecule has 0 saturated carbocycles. The molecule has 0 saturated heterocycles. The van der Waals surface area contributed by atoms with E-state index >= 15 is 0 Å². The standard InChI is InChI=1S/C22H15Cl3FN3O3/c23-14-7-18(24)21(19(25)8-14)31-12-17-5-6-20(32-17)22(30)28-16-9-27-29(11-16)10-13-1-3-15(26)4-2-13/h1-9,11H,10,12H2,(H,28,30). The summed E-state index contributed by atoms with van der Waals surface area (Å²) in [4.78, 5) is 12.5. The summed E-state index contributed by atoms with van der Waals surface area (Å²) in [6, 6.07) is 12.3. The van der Waals surface area contributed by atoms with Gasteiger partial charge in [0.2, 0.25) is 0 Å². The van der Waals surface area contributed by atoms with Crippen LogP contribution in [0.4, 0.5) is 10.1 Å². The van der Waals surface area contributed by atoms with E-state index in [1.54, 1.807) is 29.1 Å². The molecule has 0 unspecified atom stereocenters. The maximum Gasteiger partial charge on any atom is 0.291 e. The summed E-state index contributed by atoms with van der Waals surface area (Å²) in [5, 5.41) is 7.84. The van der Waals surface area contributed by atoms with Crippen LogP contribution in [0.15, 0.2) is 65.3 Å². The van der Waals surface area contributed by atoms with Gasteiger partial charge in [-0.1, -0.05) is 46.9 Å². The molecule has 4 aromatic rings. The Morgan fingerprint density at radius 2 is 1.81 bits per heavy atom. The molecule has 10 heteroatoms. The van der Waals surface area contributed by atoms with Gasteiger partial charge in [0.25, 0.3) is 5.91 Å². The van der Waals surface area contributed by atoms with E-state index in [1.807, 2.05) is 0 Å².